The van der Waals surface area contributed by atoms with Crippen LogP contribution in [0.5, 0.6) is 0 Å². The zero-order valence-electron chi connectivity index (χ0n) is 15.0. The van der Waals surface area contributed by atoms with Gasteiger partial charge in [0.1, 0.15) is 11.8 Å². The first-order valence-corrected chi connectivity index (χ1v) is 9.91. The largest absolute Gasteiger partial charge is 0.455 e. The Bertz CT molecular complexity index is 717. The van der Waals surface area contributed by atoms with Gasteiger partial charge in [-0.3, -0.25) is 14.4 Å². The number of aliphatic hydroxyl groups is 1. The molecule has 6 heteroatoms. The van der Waals surface area contributed by atoms with Gasteiger partial charge in [-0.05, 0) is 37.0 Å². The normalized spacial score (nSPS) is 49.2. The number of amides is 1. The second kappa shape index (κ2) is 5.41. The number of esters is 1. The molecule has 5 rings (SSSR count). The van der Waals surface area contributed by atoms with Crippen molar-refractivity contribution in [1.29, 1.82) is 0 Å². The van der Waals surface area contributed by atoms with Crippen molar-refractivity contribution in [2.24, 2.45) is 35.5 Å². The van der Waals surface area contributed by atoms with Crippen LogP contribution in [0.3, 0.4) is 0 Å². The van der Waals surface area contributed by atoms with Gasteiger partial charge >= 0.3 is 5.97 Å². The minimum atomic E-state index is -1.62. The number of ketones is 1. The van der Waals surface area contributed by atoms with E-state index in [0.717, 1.165) is 19.3 Å². The van der Waals surface area contributed by atoms with E-state index in [1.165, 1.54) is 11.3 Å². The van der Waals surface area contributed by atoms with Crippen molar-refractivity contribution in [2.75, 3.05) is 6.54 Å². The molecule has 1 saturated carbocycles. The van der Waals surface area contributed by atoms with Gasteiger partial charge in [-0.2, -0.15) is 0 Å². The molecule has 0 bridgehead atoms. The highest BCUT2D eigenvalue weighted by molar-refractivity contribution is 6.07. The highest BCUT2D eigenvalue weighted by Crippen LogP contribution is 2.53. The third kappa shape index (κ3) is 1.89. The number of carbonyl (C=O) groups excluding carboxylic acids is 3. The number of ether oxygens (including phenoxy) is 1. The quantitative estimate of drug-likeness (QED) is 0.456. The number of carbonyl (C=O) groups is 3. The molecule has 0 aromatic heterocycles. The first kappa shape index (κ1) is 16.5. The Hall–Kier alpha value is -1.69. The van der Waals surface area contributed by atoms with Crippen molar-refractivity contribution >= 4 is 17.7 Å². The lowest BCUT2D eigenvalue weighted by atomic mass is 9.62. The van der Waals surface area contributed by atoms with Gasteiger partial charge in [0.25, 0.3) is 0 Å². The lowest BCUT2D eigenvalue weighted by Crippen LogP contribution is -2.48. The Labute approximate surface area is 152 Å². The summed E-state index contributed by atoms with van der Waals surface area (Å²) in [6.07, 6.45) is 8.10. The van der Waals surface area contributed by atoms with Crippen LogP contribution in [0.25, 0.3) is 0 Å². The Morgan fingerprint density at radius 3 is 2.81 bits per heavy atom. The minimum Gasteiger partial charge on any atom is -0.455 e. The van der Waals surface area contributed by atoms with Crippen molar-refractivity contribution in [2.45, 2.75) is 50.9 Å². The van der Waals surface area contributed by atoms with Crippen LogP contribution in [0.1, 0.15) is 39.0 Å². The molecule has 26 heavy (non-hydrogen) atoms. The van der Waals surface area contributed by atoms with Crippen LogP contribution >= 0.6 is 0 Å². The third-order valence-electron chi connectivity index (χ3n) is 7.57. The van der Waals surface area contributed by atoms with Gasteiger partial charge in [0.15, 0.2) is 17.6 Å². The smallest absolute Gasteiger partial charge is 0.314 e. The van der Waals surface area contributed by atoms with Gasteiger partial charge in [-0.1, -0.05) is 31.9 Å². The van der Waals surface area contributed by atoms with Crippen LogP contribution in [0.15, 0.2) is 12.2 Å². The monoisotopic (exact) mass is 359 g/mol. The highest BCUT2D eigenvalue weighted by Gasteiger charge is 2.74. The summed E-state index contributed by atoms with van der Waals surface area (Å²) in [6.45, 7) is 2.35. The van der Waals surface area contributed by atoms with E-state index in [1.807, 2.05) is 6.92 Å². The molecule has 1 N–H and O–H groups in total. The first-order valence-electron chi connectivity index (χ1n) is 9.91. The fraction of sp³-hybridized carbons (Fsp3) is 0.750. The zero-order chi connectivity index (χ0) is 18.2. The fourth-order valence-corrected chi connectivity index (χ4v) is 6.32. The van der Waals surface area contributed by atoms with Crippen LogP contribution in [0.4, 0.5) is 0 Å². The van der Waals surface area contributed by atoms with Crippen molar-refractivity contribution in [3.05, 3.63) is 12.2 Å². The average molecular weight is 359 g/mol. The highest BCUT2D eigenvalue weighted by atomic mass is 16.6. The molecule has 3 saturated heterocycles. The molecule has 3 aliphatic heterocycles. The summed E-state index contributed by atoms with van der Waals surface area (Å²) in [5, 5.41) is 11.1. The molecular formula is C20H25NO5. The van der Waals surface area contributed by atoms with E-state index >= 15 is 0 Å². The number of allylic oxidation sites excluding steroid dienone is 2. The predicted molar refractivity (Wildman–Crippen MR) is 90.4 cm³/mol. The van der Waals surface area contributed by atoms with Crippen LogP contribution in [-0.4, -0.2) is 46.0 Å². The van der Waals surface area contributed by atoms with Crippen molar-refractivity contribution in [3.8, 4) is 0 Å². The molecule has 0 aromatic rings. The molecule has 8 atom stereocenters. The topological polar surface area (TPSA) is 83.9 Å². The lowest BCUT2D eigenvalue weighted by Gasteiger charge is -2.41. The van der Waals surface area contributed by atoms with Crippen LogP contribution in [0.2, 0.25) is 0 Å². The number of hydrogen-bond donors (Lipinski definition) is 1. The van der Waals surface area contributed by atoms with Gasteiger partial charge < -0.3 is 14.7 Å². The van der Waals surface area contributed by atoms with E-state index in [1.54, 1.807) is 0 Å². The van der Waals surface area contributed by atoms with Crippen LogP contribution in [-0.2, 0) is 19.1 Å². The Morgan fingerprint density at radius 2 is 2.00 bits per heavy atom. The fourth-order valence-electron chi connectivity index (χ4n) is 6.32. The second-order valence-corrected chi connectivity index (χ2v) is 8.73. The molecule has 0 radical (unpaired) electrons. The van der Waals surface area contributed by atoms with E-state index in [0.29, 0.717) is 18.9 Å². The molecule has 4 fully saturated rings. The maximum Gasteiger partial charge on any atom is 0.314 e. The van der Waals surface area contributed by atoms with Crippen molar-refractivity contribution < 1.29 is 24.2 Å². The van der Waals surface area contributed by atoms with E-state index in [2.05, 4.69) is 12.2 Å². The molecule has 140 valence electrons. The Balaban J connectivity index is 1.50. The van der Waals surface area contributed by atoms with Crippen LogP contribution in [0, 0.1) is 35.5 Å². The van der Waals surface area contributed by atoms with E-state index in [4.69, 9.17) is 4.74 Å². The standard InChI is InChI=1S/C20H25NO5/c1-10-6-7-11-4-2-3-5-12(11)14(10)16(22)15-17-20(25)13(19(24)26-17)8-9-21(20)18(15)23/h6-7,10-15,17,25H,2-5,8-9H2,1H3/t10?,11-,12-,13+,14?,15?,17+,20?/m0/s1. The molecule has 3 heterocycles. The zero-order valence-corrected chi connectivity index (χ0v) is 15.0. The van der Waals surface area contributed by atoms with Gasteiger partial charge in [0.2, 0.25) is 5.91 Å². The maximum atomic E-state index is 13.6. The van der Waals surface area contributed by atoms with Crippen LogP contribution < -0.4 is 0 Å². The van der Waals surface area contributed by atoms with Gasteiger partial charge in [0, 0.05) is 12.5 Å². The number of hydrogen-bond acceptors (Lipinski definition) is 5. The summed E-state index contributed by atoms with van der Waals surface area (Å²) in [6, 6.07) is 0. The second-order valence-electron chi connectivity index (χ2n) is 8.73. The van der Waals surface area contributed by atoms with Gasteiger partial charge in [0.05, 0.1) is 0 Å². The number of nitrogens with zero attached hydrogens (tertiary/aromatic N) is 1. The van der Waals surface area contributed by atoms with Crippen molar-refractivity contribution in [3.63, 3.8) is 0 Å². The number of Topliss-reactive ketones (excluding diaryl/α,β-unsaturated/α-hetero) is 1. The summed E-state index contributed by atoms with van der Waals surface area (Å²) in [7, 11) is 0. The summed E-state index contributed by atoms with van der Waals surface area (Å²) >= 11 is 0. The molecule has 5 aliphatic rings. The third-order valence-corrected chi connectivity index (χ3v) is 7.57. The molecule has 0 aromatic carbocycles. The maximum absolute atomic E-state index is 13.6. The summed E-state index contributed by atoms with van der Waals surface area (Å²) in [4.78, 5) is 40.0. The first-order chi connectivity index (χ1) is 12.4. The number of rotatable bonds is 2. The van der Waals surface area contributed by atoms with Gasteiger partial charge in [-0.25, -0.2) is 0 Å². The molecule has 2 aliphatic carbocycles. The molecule has 0 spiro atoms. The SMILES string of the molecule is CC1C=C[C@@H]2CCCC[C@@H]2C1C(=O)C1C(=O)N2CC[C@@H]3C(=O)O[C@H]1C32O. The average Bonchev–Trinajstić information content (AvgIpc) is 3.17. The predicted octanol–water partition coefficient (Wildman–Crippen LogP) is 1.28. The molecule has 4 unspecified atom stereocenters. The molecule has 6 nitrogen and oxygen atoms in total. The Morgan fingerprint density at radius 1 is 1.23 bits per heavy atom. The van der Waals surface area contributed by atoms with Crippen molar-refractivity contribution in [1.82, 2.24) is 4.90 Å². The molecular weight excluding hydrogens is 334 g/mol. The summed E-state index contributed by atoms with van der Waals surface area (Å²) < 4.78 is 5.40. The molecule has 1 amide bonds. The Kier molecular flexibility index (Phi) is 3.43. The number of fused-ring (bicyclic) bond motifs is 1. The van der Waals surface area contributed by atoms with E-state index in [-0.39, 0.29) is 29.4 Å². The van der Waals surface area contributed by atoms with Gasteiger partial charge in [-0.15, -0.1) is 0 Å². The van der Waals surface area contributed by atoms with E-state index in [9.17, 15) is 19.5 Å². The van der Waals surface area contributed by atoms with E-state index < -0.39 is 29.6 Å². The summed E-state index contributed by atoms with van der Waals surface area (Å²) in [5.41, 5.74) is -1.62. The summed E-state index contributed by atoms with van der Waals surface area (Å²) in [5.74, 6) is -2.24. The minimum absolute atomic E-state index is 0.0626. The lowest BCUT2D eigenvalue weighted by molar-refractivity contribution is -0.150.